The van der Waals surface area contributed by atoms with Crippen molar-refractivity contribution in [3.8, 4) is 29.0 Å². The number of alkyl halides is 3. The summed E-state index contributed by atoms with van der Waals surface area (Å²) in [7, 11) is 0. The van der Waals surface area contributed by atoms with Crippen LogP contribution in [0.15, 0.2) is 30.5 Å². The van der Waals surface area contributed by atoms with Gasteiger partial charge in [-0.2, -0.15) is 23.5 Å². The van der Waals surface area contributed by atoms with Crippen molar-refractivity contribution in [1.82, 2.24) is 14.7 Å². The molecule has 1 aromatic carbocycles. The van der Waals surface area contributed by atoms with Crippen LogP contribution in [-0.2, 0) is 24.1 Å². The first-order valence-corrected chi connectivity index (χ1v) is 11.2. The Kier molecular flexibility index (Phi) is 6.20. The van der Waals surface area contributed by atoms with Crippen molar-refractivity contribution in [3.05, 3.63) is 62.9 Å². The van der Waals surface area contributed by atoms with Crippen molar-refractivity contribution in [2.45, 2.75) is 39.0 Å². The second-order valence-electron chi connectivity index (χ2n) is 7.66. The number of hydrogen-bond donors (Lipinski definition) is 0. The van der Waals surface area contributed by atoms with Gasteiger partial charge in [0.15, 0.2) is 5.69 Å². The summed E-state index contributed by atoms with van der Waals surface area (Å²) in [6.07, 6.45) is -3.60. The van der Waals surface area contributed by atoms with E-state index in [-0.39, 0.29) is 36.3 Å². The van der Waals surface area contributed by atoms with Crippen molar-refractivity contribution in [2.24, 2.45) is 0 Å². The molecule has 34 heavy (non-hydrogen) atoms. The molecule has 3 aromatic rings. The van der Waals surface area contributed by atoms with E-state index in [2.05, 4.69) is 23.0 Å². The number of nitrogens with zero attached hydrogens (tertiary/aromatic N) is 4. The number of hydrogen-bond acceptors (Lipinski definition) is 4. The number of halogens is 4. The van der Waals surface area contributed by atoms with E-state index in [9.17, 15) is 23.2 Å². The van der Waals surface area contributed by atoms with Gasteiger partial charge in [-0.25, -0.2) is 4.39 Å². The zero-order chi connectivity index (χ0) is 24.6. The number of benzene rings is 1. The fourth-order valence-electron chi connectivity index (χ4n) is 4.17. The summed E-state index contributed by atoms with van der Waals surface area (Å²) in [5.74, 6) is 3.11. The van der Waals surface area contributed by atoms with Crippen LogP contribution in [0.1, 0.15) is 46.3 Å². The number of aromatic nitrogens is 2. The second-order valence-corrected chi connectivity index (χ2v) is 8.80. The normalized spacial score (nSPS) is 15.3. The zero-order valence-electron chi connectivity index (χ0n) is 18.2. The van der Waals surface area contributed by atoms with Crippen LogP contribution in [0.25, 0.3) is 11.1 Å². The minimum Gasteiger partial charge on any atom is -0.326 e. The van der Waals surface area contributed by atoms with Gasteiger partial charge in [-0.05, 0) is 43.0 Å². The number of carbonyl (C=O) groups excluding carboxylic acids is 1. The maximum absolute atomic E-state index is 15.2. The summed E-state index contributed by atoms with van der Waals surface area (Å²) >= 11 is 1.20. The van der Waals surface area contributed by atoms with Gasteiger partial charge in [0.1, 0.15) is 16.8 Å². The van der Waals surface area contributed by atoms with Crippen LogP contribution < -0.4 is 0 Å². The van der Waals surface area contributed by atoms with Gasteiger partial charge in [0, 0.05) is 41.2 Å². The van der Waals surface area contributed by atoms with E-state index in [4.69, 9.17) is 0 Å². The third-order valence-corrected chi connectivity index (χ3v) is 6.67. The largest absolute Gasteiger partial charge is 0.435 e. The fraction of sp³-hybridized carbons (Fsp3) is 0.292. The van der Waals surface area contributed by atoms with Crippen LogP contribution in [0, 0.1) is 29.0 Å². The molecule has 1 aliphatic heterocycles. The summed E-state index contributed by atoms with van der Waals surface area (Å²) in [6, 6.07) is 7.82. The predicted molar refractivity (Wildman–Crippen MR) is 118 cm³/mol. The van der Waals surface area contributed by atoms with Crippen molar-refractivity contribution in [2.75, 3.05) is 6.54 Å². The van der Waals surface area contributed by atoms with E-state index in [0.29, 0.717) is 10.4 Å². The highest BCUT2D eigenvalue weighted by molar-refractivity contribution is 7.12. The summed E-state index contributed by atoms with van der Waals surface area (Å²) in [4.78, 5) is 15.2. The van der Waals surface area contributed by atoms with Crippen molar-refractivity contribution >= 4 is 17.2 Å². The van der Waals surface area contributed by atoms with E-state index in [1.165, 1.54) is 35.4 Å². The molecule has 0 radical (unpaired) electrons. The van der Waals surface area contributed by atoms with Crippen molar-refractivity contribution < 1.29 is 22.4 Å². The molecule has 5 nitrogen and oxygen atoms in total. The number of thiophene rings is 1. The van der Waals surface area contributed by atoms with E-state index in [1.54, 1.807) is 19.1 Å². The van der Waals surface area contributed by atoms with E-state index < -0.39 is 29.5 Å². The third kappa shape index (κ3) is 4.17. The highest BCUT2D eigenvalue weighted by Crippen LogP contribution is 2.45. The average Bonchev–Trinajstić information content (AvgIpc) is 3.42. The number of nitriles is 1. The Hall–Kier alpha value is -3.63. The average molecular weight is 486 g/mol. The molecule has 1 atom stereocenters. The second kappa shape index (κ2) is 8.96. The third-order valence-electron chi connectivity index (χ3n) is 5.63. The number of aryl methyl sites for hydroxylation is 1. The Labute approximate surface area is 197 Å². The lowest BCUT2D eigenvalue weighted by atomic mass is 9.83. The number of fused-ring (bicyclic) bond motifs is 1. The minimum absolute atomic E-state index is 0.0852. The number of amides is 1. The molecule has 0 spiro atoms. The number of rotatable bonds is 3. The van der Waals surface area contributed by atoms with Crippen LogP contribution >= 0.6 is 11.3 Å². The van der Waals surface area contributed by atoms with E-state index >= 15 is 4.39 Å². The first kappa shape index (κ1) is 23.5. The van der Waals surface area contributed by atoms with Gasteiger partial charge < -0.3 is 4.90 Å². The summed E-state index contributed by atoms with van der Waals surface area (Å²) in [5.41, 5.74) is -0.780. The lowest BCUT2D eigenvalue weighted by Crippen LogP contribution is -2.37. The number of carbonyl (C=O) groups is 1. The van der Waals surface area contributed by atoms with E-state index in [1.807, 2.05) is 0 Å². The van der Waals surface area contributed by atoms with Crippen LogP contribution in [0.5, 0.6) is 0 Å². The zero-order valence-corrected chi connectivity index (χ0v) is 19.0. The molecule has 0 saturated heterocycles. The summed E-state index contributed by atoms with van der Waals surface area (Å²) < 4.78 is 57.8. The lowest BCUT2D eigenvalue weighted by Gasteiger charge is -2.33. The van der Waals surface area contributed by atoms with Gasteiger partial charge in [-0.15, -0.1) is 11.3 Å². The molecule has 1 amide bonds. The van der Waals surface area contributed by atoms with E-state index in [0.717, 1.165) is 15.6 Å². The molecule has 0 N–H and O–H groups in total. The van der Waals surface area contributed by atoms with Crippen LogP contribution in [0.3, 0.4) is 0 Å². The van der Waals surface area contributed by atoms with Gasteiger partial charge in [0.2, 0.25) is 0 Å². The van der Waals surface area contributed by atoms with Gasteiger partial charge in [-0.3, -0.25) is 9.48 Å². The molecular formula is C24H18F4N4OS. The van der Waals surface area contributed by atoms with Crippen molar-refractivity contribution in [1.29, 1.82) is 5.26 Å². The Morgan fingerprint density at radius 3 is 2.74 bits per heavy atom. The Bertz CT molecular complexity index is 1370. The monoisotopic (exact) mass is 486 g/mol. The molecule has 2 aromatic heterocycles. The van der Waals surface area contributed by atoms with Gasteiger partial charge in [-0.1, -0.05) is 18.1 Å². The molecule has 1 aliphatic rings. The van der Waals surface area contributed by atoms with Crippen molar-refractivity contribution in [3.63, 3.8) is 0 Å². The molecule has 0 aliphatic carbocycles. The quantitative estimate of drug-likeness (QED) is 0.380. The summed E-state index contributed by atoms with van der Waals surface area (Å²) in [5, 5.41) is 13.0. The molecule has 10 heteroatoms. The maximum Gasteiger partial charge on any atom is 0.435 e. The Balaban J connectivity index is 1.95. The van der Waals surface area contributed by atoms with Gasteiger partial charge in [0.05, 0.1) is 6.54 Å². The molecule has 0 unspecified atom stereocenters. The lowest BCUT2D eigenvalue weighted by molar-refractivity contribution is -0.141. The minimum atomic E-state index is -4.79. The molecule has 4 rings (SSSR count). The highest BCUT2D eigenvalue weighted by atomic mass is 32.1. The van der Waals surface area contributed by atoms with Crippen LogP contribution in [0.4, 0.5) is 17.6 Å². The maximum atomic E-state index is 15.2. The first-order chi connectivity index (χ1) is 16.2. The Morgan fingerprint density at radius 1 is 1.32 bits per heavy atom. The Morgan fingerprint density at radius 2 is 2.09 bits per heavy atom. The molecule has 0 fully saturated rings. The molecule has 3 heterocycles. The molecule has 0 bridgehead atoms. The fourth-order valence-corrected chi connectivity index (χ4v) is 5.21. The predicted octanol–water partition coefficient (Wildman–Crippen LogP) is 5.16. The molecular weight excluding hydrogens is 468 g/mol. The highest BCUT2D eigenvalue weighted by Gasteiger charge is 2.40. The first-order valence-electron chi connectivity index (χ1n) is 10.4. The van der Waals surface area contributed by atoms with Crippen LogP contribution in [0.2, 0.25) is 0 Å². The summed E-state index contributed by atoms with van der Waals surface area (Å²) in [6.45, 7) is 3.65. The topological polar surface area (TPSA) is 61.9 Å². The SMILES string of the molecule is CC#CC(=O)N1Cc2sc(C#N)cc2[C@H](c2cccc(F)c2-c2cn(CC)nc2C(F)(F)F)C1. The molecule has 174 valence electrons. The van der Waals surface area contributed by atoms with Gasteiger partial charge in [0.25, 0.3) is 5.91 Å². The smallest absolute Gasteiger partial charge is 0.326 e. The molecule has 0 saturated carbocycles. The standard InChI is InChI=1S/C24H18F4N4OS/c1-3-6-21(33)31-11-17(16-9-14(10-29)34-20(16)13-31)15-7-5-8-19(25)22(15)18-12-32(4-2)30-23(18)24(26,27)28/h5,7-9,12,17H,4,11,13H2,1-2H3/t17-/m0/s1. The van der Waals surface area contributed by atoms with Crippen LogP contribution in [-0.4, -0.2) is 27.1 Å². The van der Waals surface area contributed by atoms with Gasteiger partial charge >= 0.3 is 6.18 Å².